The fraction of sp³-hybridized carbons (Fsp3) is 0.353. The van der Waals surface area contributed by atoms with Gasteiger partial charge >= 0.3 is 0 Å². The molecule has 0 bridgehead atoms. The van der Waals surface area contributed by atoms with E-state index in [4.69, 9.17) is 0 Å². The first kappa shape index (κ1) is 15.1. The molecule has 124 valence electrons. The molecule has 0 aromatic carbocycles. The number of piperazine rings is 1. The van der Waals surface area contributed by atoms with Gasteiger partial charge < -0.3 is 9.80 Å². The van der Waals surface area contributed by atoms with Gasteiger partial charge in [-0.15, -0.1) is 11.3 Å². The van der Waals surface area contributed by atoms with E-state index >= 15 is 0 Å². The van der Waals surface area contributed by atoms with Gasteiger partial charge in [0.05, 0.1) is 10.6 Å². The molecule has 0 aliphatic carbocycles. The van der Waals surface area contributed by atoms with Crippen molar-refractivity contribution in [1.29, 1.82) is 0 Å². The van der Waals surface area contributed by atoms with E-state index in [0.717, 1.165) is 53.9 Å². The van der Waals surface area contributed by atoms with E-state index in [1.807, 2.05) is 46.8 Å². The maximum atomic E-state index is 12.5. The highest BCUT2D eigenvalue weighted by molar-refractivity contribution is 7.12. The second kappa shape index (κ2) is 5.90. The van der Waals surface area contributed by atoms with Gasteiger partial charge in [-0.1, -0.05) is 6.07 Å². The Morgan fingerprint density at radius 1 is 1.12 bits per heavy atom. The summed E-state index contributed by atoms with van der Waals surface area (Å²) in [6.07, 6.45) is 0. The second-order valence-electron chi connectivity index (χ2n) is 6.07. The van der Waals surface area contributed by atoms with Crippen LogP contribution in [0.1, 0.15) is 21.1 Å². The minimum Gasteiger partial charge on any atom is -0.353 e. The van der Waals surface area contributed by atoms with Gasteiger partial charge in [-0.05, 0) is 25.3 Å². The number of thiophene rings is 1. The van der Waals surface area contributed by atoms with Crippen LogP contribution < -0.4 is 4.90 Å². The molecule has 0 spiro atoms. The summed E-state index contributed by atoms with van der Waals surface area (Å²) >= 11 is 1.50. The summed E-state index contributed by atoms with van der Waals surface area (Å²) in [6.45, 7) is 7.02. The predicted molar refractivity (Wildman–Crippen MR) is 94.9 cm³/mol. The minimum absolute atomic E-state index is 0.135. The number of aromatic nitrogens is 3. The third-order valence-corrected chi connectivity index (χ3v) is 5.14. The molecular weight excluding hydrogens is 322 g/mol. The molecule has 1 saturated heterocycles. The highest BCUT2D eigenvalue weighted by Gasteiger charge is 2.24. The van der Waals surface area contributed by atoms with Crippen LogP contribution in [0.15, 0.2) is 29.6 Å². The predicted octanol–water partition coefficient (Wildman–Crippen LogP) is 2.37. The number of amides is 1. The molecule has 6 nitrogen and oxygen atoms in total. The van der Waals surface area contributed by atoms with E-state index in [1.54, 1.807) is 0 Å². The summed E-state index contributed by atoms with van der Waals surface area (Å²) in [5, 5.41) is 6.50. The standard InChI is InChI=1S/C17H19N5OS/c1-12-11-16(22-15(18-12)10-13(2)19-22)20-5-7-21(8-6-20)17(23)14-4-3-9-24-14/h3-4,9-11H,5-8H2,1-2H3. The van der Waals surface area contributed by atoms with E-state index in [9.17, 15) is 4.79 Å². The van der Waals surface area contributed by atoms with Crippen LogP contribution in [0.2, 0.25) is 0 Å². The van der Waals surface area contributed by atoms with Crippen molar-refractivity contribution in [3.8, 4) is 0 Å². The number of rotatable bonds is 2. The highest BCUT2D eigenvalue weighted by Crippen LogP contribution is 2.21. The van der Waals surface area contributed by atoms with Crippen molar-refractivity contribution < 1.29 is 4.79 Å². The molecule has 0 radical (unpaired) electrons. The third kappa shape index (κ3) is 2.65. The molecule has 1 aliphatic heterocycles. The largest absolute Gasteiger partial charge is 0.353 e. The number of aryl methyl sites for hydroxylation is 2. The summed E-state index contributed by atoms with van der Waals surface area (Å²) < 4.78 is 1.90. The van der Waals surface area contributed by atoms with Gasteiger partial charge in [-0.25, -0.2) is 4.98 Å². The van der Waals surface area contributed by atoms with Crippen LogP contribution in [0.25, 0.3) is 5.65 Å². The Kier molecular flexibility index (Phi) is 3.72. The first-order chi connectivity index (χ1) is 11.6. The van der Waals surface area contributed by atoms with Gasteiger partial charge in [0.1, 0.15) is 5.82 Å². The lowest BCUT2D eigenvalue weighted by Crippen LogP contribution is -2.49. The Bertz CT molecular complexity index is 878. The van der Waals surface area contributed by atoms with Crippen LogP contribution in [0.4, 0.5) is 5.82 Å². The Morgan fingerprint density at radius 3 is 2.62 bits per heavy atom. The van der Waals surface area contributed by atoms with E-state index in [0.29, 0.717) is 0 Å². The smallest absolute Gasteiger partial charge is 0.264 e. The zero-order valence-electron chi connectivity index (χ0n) is 13.8. The van der Waals surface area contributed by atoms with Crippen molar-refractivity contribution in [2.24, 2.45) is 0 Å². The SMILES string of the molecule is Cc1cc(N2CCN(C(=O)c3cccs3)CC2)n2nc(C)cc2n1. The number of hydrogen-bond donors (Lipinski definition) is 0. The number of hydrogen-bond acceptors (Lipinski definition) is 5. The maximum absolute atomic E-state index is 12.5. The van der Waals surface area contributed by atoms with Crippen LogP contribution in [-0.2, 0) is 0 Å². The monoisotopic (exact) mass is 341 g/mol. The molecule has 4 heterocycles. The maximum Gasteiger partial charge on any atom is 0.264 e. The molecule has 7 heteroatoms. The Balaban J connectivity index is 1.55. The third-order valence-electron chi connectivity index (χ3n) is 4.28. The molecule has 0 N–H and O–H groups in total. The Morgan fingerprint density at radius 2 is 1.92 bits per heavy atom. The number of fused-ring (bicyclic) bond motifs is 1. The Labute approximate surface area is 144 Å². The van der Waals surface area contributed by atoms with Crippen LogP contribution in [-0.4, -0.2) is 51.6 Å². The van der Waals surface area contributed by atoms with Crippen LogP contribution >= 0.6 is 11.3 Å². The fourth-order valence-corrected chi connectivity index (χ4v) is 3.81. The van der Waals surface area contributed by atoms with E-state index < -0.39 is 0 Å². The van der Waals surface area contributed by atoms with Gasteiger partial charge in [-0.3, -0.25) is 4.79 Å². The lowest BCUT2D eigenvalue weighted by molar-refractivity contribution is 0.0751. The minimum atomic E-state index is 0.135. The van der Waals surface area contributed by atoms with Crippen molar-refractivity contribution in [1.82, 2.24) is 19.5 Å². The van der Waals surface area contributed by atoms with Crippen molar-refractivity contribution in [3.05, 3.63) is 45.9 Å². The first-order valence-electron chi connectivity index (χ1n) is 8.03. The lowest BCUT2D eigenvalue weighted by atomic mass is 10.2. The second-order valence-corrected chi connectivity index (χ2v) is 7.02. The average molecular weight is 341 g/mol. The molecule has 3 aromatic rings. The van der Waals surface area contributed by atoms with E-state index in [1.165, 1.54) is 11.3 Å². The molecule has 24 heavy (non-hydrogen) atoms. The molecule has 0 atom stereocenters. The molecule has 1 amide bonds. The zero-order chi connectivity index (χ0) is 16.7. The molecule has 1 aliphatic rings. The molecule has 0 saturated carbocycles. The fourth-order valence-electron chi connectivity index (χ4n) is 3.11. The van der Waals surface area contributed by atoms with Crippen molar-refractivity contribution in [2.75, 3.05) is 31.1 Å². The molecule has 4 rings (SSSR count). The van der Waals surface area contributed by atoms with Crippen LogP contribution in [0, 0.1) is 13.8 Å². The van der Waals surface area contributed by atoms with Gasteiger partial charge in [0.2, 0.25) is 0 Å². The summed E-state index contributed by atoms with van der Waals surface area (Å²) in [5.74, 6) is 1.18. The van der Waals surface area contributed by atoms with Crippen LogP contribution in [0.3, 0.4) is 0 Å². The molecular formula is C17H19N5OS. The van der Waals surface area contributed by atoms with Crippen molar-refractivity contribution in [2.45, 2.75) is 13.8 Å². The summed E-state index contributed by atoms with van der Waals surface area (Å²) in [5.41, 5.74) is 2.81. The summed E-state index contributed by atoms with van der Waals surface area (Å²) in [6, 6.07) is 7.87. The van der Waals surface area contributed by atoms with Gasteiger partial charge in [0, 0.05) is 44.0 Å². The number of nitrogens with zero attached hydrogens (tertiary/aromatic N) is 5. The highest BCUT2D eigenvalue weighted by atomic mass is 32.1. The molecule has 3 aromatic heterocycles. The van der Waals surface area contributed by atoms with Crippen LogP contribution in [0.5, 0.6) is 0 Å². The Hall–Kier alpha value is -2.41. The normalized spacial score (nSPS) is 15.2. The van der Waals surface area contributed by atoms with Gasteiger partial charge in [-0.2, -0.15) is 9.61 Å². The molecule has 1 fully saturated rings. The van der Waals surface area contributed by atoms with E-state index in [-0.39, 0.29) is 5.91 Å². The topological polar surface area (TPSA) is 53.7 Å². The summed E-state index contributed by atoms with van der Waals surface area (Å²) in [7, 11) is 0. The number of anilines is 1. The van der Waals surface area contributed by atoms with E-state index in [2.05, 4.69) is 21.0 Å². The van der Waals surface area contributed by atoms with Crippen molar-refractivity contribution in [3.63, 3.8) is 0 Å². The molecule has 0 unspecified atom stereocenters. The quantitative estimate of drug-likeness (QED) is 0.718. The lowest BCUT2D eigenvalue weighted by Gasteiger charge is -2.35. The zero-order valence-corrected chi connectivity index (χ0v) is 14.6. The number of carbonyl (C=O) groups is 1. The summed E-state index contributed by atoms with van der Waals surface area (Å²) in [4.78, 5) is 22.0. The van der Waals surface area contributed by atoms with Gasteiger partial charge in [0.15, 0.2) is 5.65 Å². The van der Waals surface area contributed by atoms with Crippen molar-refractivity contribution >= 4 is 28.7 Å². The van der Waals surface area contributed by atoms with Gasteiger partial charge in [0.25, 0.3) is 5.91 Å². The average Bonchev–Trinajstić information content (AvgIpc) is 3.22. The first-order valence-corrected chi connectivity index (χ1v) is 8.91. The number of carbonyl (C=O) groups excluding carboxylic acids is 1.